The maximum Gasteiger partial charge on any atom is 0.424 e. The molecule has 0 saturated heterocycles. The van der Waals surface area contributed by atoms with Gasteiger partial charge in [0.25, 0.3) is 5.91 Å². The first kappa shape index (κ1) is 18.0. The summed E-state index contributed by atoms with van der Waals surface area (Å²) in [5.74, 6) is -0.657. The van der Waals surface area contributed by atoms with Gasteiger partial charge in [-0.1, -0.05) is 0 Å². The molecule has 2 atom stereocenters. The molecule has 3 heterocycles. The van der Waals surface area contributed by atoms with E-state index in [0.717, 1.165) is 12.8 Å². The molecule has 0 radical (unpaired) electrons. The molecule has 4 rings (SSSR count). The number of amides is 1. The van der Waals surface area contributed by atoms with Gasteiger partial charge in [0.1, 0.15) is 5.69 Å². The van der Waals surface area contributed by atoms with Crippen LogP contribution < -0.4 is 0 Å². The van der Waals surface area contributed by atoms with E-state index in [-0.39, 0.29) is 25.0 Å². The minimum Gasteiger partial charge on any atom is -0.374 e. The van der Waals surface area contributed by atoms with E-state index >= 15 is 0 Å². The summed E-state index contributed by atoms with van der Waals surface area (Å²) in [6, 6.07) is 1.46. The number of aliphatic hydroxyl groups is 1. The topological polar surface area (TPSA) is 76.2 Å². The average molecular weight is 383 g/mol. The molecule has 0 bridgehead atoms. The van der Waals surface area contributed by atoms with E-state index in [2.05, 4.69) is 10.1 Å². The number of carbonyl (C=O) groups excluding carboxylic acids is 1. The van der Waals surface area contributed by atoms with Gasteiger partial charge in [0, 0.05) is 12.7 Å². The van der Waals surface area contributed by atoms with Crippen LogP contribution in [0.4, 0.5) is 13.2 Å². The molecule has 0 unspecified atom stereocenters. The lowest BCUT2D eigenvalue weighted by Gasteiger charge is -2.36. The zero-order valence-corrected chi connectivity index (χ0v) is 14.9. The fourth-order valence-electron chi connectivity index (χ4n) is 3.56. The number of rotatable bonds is 3. The quantitative estimate of drug-likeness (QED) is 0.883. The van der Waals surface area contributed by atoms with Gasteiger partial charge < -0.3 is 14.6 Å². The van der Waals surface area contributed by atoms with Crippen molar-refractivity contribution in [1.29, 1.82) is 0 Å². The number of nitrogens with zero attached hydrogens (tertiary/aromatic N) is 5. The van der Waals surface area contributed by atoms with Crippen molar-refractivity contribution in [2.75, 3.05) is 6.54 Å². The highest BCUT2D eigenvalue weighted by Gasteiger charge is 2.55. The monoisotopic (exact) mass is 383 g/mol. The van der Waals surface area contributed by atoms with E-state index < -0.39 is 23.6 Å². The average Bonchev–Trinajstić information content (AvgIpc) is 3.14. The number of carbonyl (C=O) groups is 1. The van der Waals surface area contributed by atoms with Crippen molar-refractivity contribution in [3.05, 3.63) is 35.7 Å². The van der Waals surface area contributed by atoms with Gasteiger partial charge in [0.2, 0.25) is 5.60 Å². The zero-order valence-electron chi connectivity index (χ0n) is 14.9. The van der Waals surface area contributed by atoms with Crippen molar-refractivity contribution < 1.29 is 23.1 Å². The molecule has 2 aromatic heterocycles. The van der Waals surface area contributed by atoms with Crippen LogP contribution in [0.5, 0.6) is 0 Å². The molecule has 2 aliphatic rings. The summed E-state index contributed by atoms with van der Waals surface area (Å²) in [4.78, 5) is 18.4. The first-order chi connectivity index (χ1) is 12.6. The van der Waals surface area contributed by atoms with Crippen molar-refractivity contribution in [2.45, 2.75) is 57.1 Å². The Bertz CT molecular complexity index is 882. The van der Waals surface area contributed by atoms with Crippen molar-refractivity contribution in [1.82, 2.24) is 24.2 Å². The van der Waals surface area contributed by atoms with Crippen LogP contribution in [-0.2, 0) is 12.1 Å². The maximum atomic E-state index is 13.2. The van der Waals surface area contributed by atoms with Crippen molar-refractivity contribution in [3.63, 3.8) is 0 Å². The van der Waals surface area contributed by atoms with Crippen LogP contribution in [0.15, 0.2) is 18.5 Å². The highest BCUT2D eigenvalue weighted by atomic mass is 19.4. The Labute approximate surface area is 153 Å². The number of hydrogen-bond acceptors (Lipinski definition) is 4. The number of alkyl halides is 3. The third-order valence-corrected chi connectivity index (χ3v) is 5.21. The van der Waals surface area contributed by atoms with Crippen LogP contribution >= 0.6 is 0 Å². The van der Waals surface area contributed by atoms with Crippen LogP contribution in [0.1, 0.15) is 60.8 Å². The molecule has 10 heteroatoms. The fraction of sp³-hybridized carbons (Fsp3) is 0.588. The van der Waals surface area contributed by atoms with Gasteiger partial charge in [-0.3, -0.25) is 9.48 Å². The summed E-state index contributed by atoms with van der Waals surface area (Å²) in [6.07, 6.45) is 0.00603. The second kappa shape index (κ2) is 5.82. The Hall–Kier alpha value is -2.36. The van der Waals surface area contributed by atoms with Gasteiger partial charge in [-0.2, -0.15) is 18.3 Å². The molecule has 1 amide bonds. The predicted octanol–water partition coefficient (Wildman–Crippen LogP) is 2.40. The second-order valence-corrected chi connectivity index (χ2v) is 7.44. The Balaban J connectivity index is 1.63. The van der Waals surface area contributed by atoms with Gasteiger partial charge in [-0.05, 0) is 32.8 Å². The summed E-state index contributed by atoms with van der Waals surface area (Å²) in [7, 11) is 0. The van der Waals surface area contributed by atoms with E-state index in [1.807, 2.05) is 0 Å². The first-order valence-electron chi connectivity index (χ1n) is 8.79. The van der Waals surface area contributed by atoms with E-state index in [1.165, 1.54) is 10.8 Å². The third-order valence-electron chi connectivity index (χ3n) is 5.21. The minimum absolute atomic E-state index is 0.125. The van der Waals surface area contributed by atoms with E-state index in [0.29, 0.717) is 18.3 Å². The highest BCUT2D eigenvalue weighted by Crippen LogP contribution is 2.40. The lowest BCUT2D eigenvalue weighted by atomic mass is 10.0. The third kappa shape index (κ3) is 2.82. The number of hydrogen-bond donors (Lipinski definition) is 1. The second-order valence-electron chi connectivity index (χ2n) is 7.44. The molecule has 1 N–H and O–H groups in total. The Morgan fingerprint density at radius 1 is 1.33 bits per heavy atom. The molecule has 146 valence electrons. The summed E-state index contributed by atoms with van der Waals surface area (Å²) in [5.41, 5.74) is -2.12. The molecule has 1 aliphatic heterocycles. The van der Waals surface area contributed by atoms with Gasteiger partial charge in [0.15, 0.2) is 5.82 Å². The molecular weight excluding hydrogens is 363 g/mol. The largest absolute Gasteiger partial charge is 0.424 e. The SMILES string of the molecule is C[C@H]1CN(C(=O)c2ccnn2C2CC2)Cc2cnc([C@@](C)(O)C(F)(F)F)n21. The number of aromatic nitrogens is 4. The Morgan fingerprint density at radius 3 is 2.67 bits per heavy atom. The van der Waals surface area contributed by atoms with Crippen LogP contribution in [0.3, 0.4) is 0 Å². The summed E-state index contributed by atoms with van der Waals surface area (Å²) >= 11 is 0. The molecule has 0 spiro atoms. The van der Waals surface area contributed by atoms with Crippen molar-refractivity contribution >= 4 is 5.91 Å². The summed E-state index contributed by atoms with van der Waals surface area (Å²) in [6.45, 7) is 2.75. The Morgan fingerprint density at radius 2 is 2.04 bits per heavy atom. The van der Waals surface area contributed by atoms with Gasteiger partial charge in [-0.25, -0.2) is 4.98 Å². The molecule has 1 fully saturated rings. The van der Waals surface area contributed by atoms with Gasteiger partial charge in [0.05, 0.1) is 30.5 Å². The van der Waals surface area contributed by atoms with Gasteiger partial charge >= 0.3 is 6.18 Å². The van der Waals surface area contributed by atoms with Crippen LogP contribution in [-0.4, -0.2) is 48.0 Å². The molecule has 1 saturated carbocycles. The standard InChI is InChI=1S/C17H20F3N5O2/c1-10-8-23(14(26)13-5-6-22-25(13)11-3-4-11)9-12-7-21-15(24(10)12)16(2,27)17(18,19)20/h5-7,10-11,27H,3-4,8-9H2,1-2H3/t10-,16+/m0/s1. The van der Waals surface area contributed by atoms with E-state index in [9.17, 15) is 23.1 Å². The summed E-state index contributed by atoms with van der Waals surface area (Å²) < 4.78 is 42.8. The highest BCUT2D eigenvalue weighted by molar-refractivity contribution is 5.92. The van der Waals surface area contributed by atoms with E-state index in [1.54, 1.807) is 28.8 Å². The van der Waals surface area contributed by atoms with Crippen LogP contribution in [0, 0.1) is 0 Å². The Kier molecular flexibility index (Phi) is 3.88. The summed E-state index contributed by atoms with van der Waals surface area (Å²) in [5, 5.41) is 14.2. The molecule has 2 aromatic rings. The molecule has 0 aromatic carbocycles. The number of halogens is 3. The lowest BCUT2D eigenvalue weighted by Crippen LogP contribution is -2.46. The van der Waals surface area contributed by atoms with E-state index in [4.69, 9.17) is 0 Å². The minimum atomic E-state index is -4.85. The van der Waals surface area contributed by atoms with Crippen LogP contribution in [0.25, 0.3) is 0 Å². The number of imidazole rings is 1. The van der Waals surface area contributed by atoms with Crippen LogP contribution in [0.2, 0.25) is 0 Å². The fourth-order valence-corrected chi connectivity index (χ4v) is 3.56. The van der Waals surface area contributed by atoms with Gasteiger partial charge in [-0.15, -0.1) is 0 Å². The molecule has 1 aliphatic carbocycles. The molecule has 7 nitrogen and oxygen atoms in total. The molecular formula is C17H20F3N5O2. The zero-order chi connectivity index (χ0) is 19.6. The predicted molar refractivity (Wildman–Crippen MR) is 87.8 cm³/mol. The first-order valence-corrected chi connectivity index (χ1v) is 8.79. The van der Waals surface area contributed by atoms with Crippen molar-refractivity contribution in [2.24, 2.45) is 0 Å². The molecule has 27 heavy (non-hydrogen) atoms. The maximum absolute atomic E-state index is 13.2. The van der Waals surface area contributed by atoms with Crippen molar-refractivity contribution in [3.8, 4) is 0 Å². The lowest BCUT2D eigenvalue weighted by molar-refractivity contribution is -0.263. The number of fused-ring (bicyclic) bond motifs is 1. The normalized spacial score (nSPS) is 22.4. The smallest absolute Gasteiger partial charge is 0.374 e.